The molecule has 1 unspecified atom stereocenters. The van der Waals surface area contributed by atoms with E-state index in [1.807, 2.05) is 19.1 Å². The van der Waals surface area contributed by atoms with Gasteiger partial charge in [0.15, 0.2) is 0 Å². The van der Waals surface area contributed by atoms with Crippen molar-refractivity contribution in [1.29, 1.82) is 0 Å². The number of ether oxygens (including phenoxy) is 1. The Morgan fingerprint density at radius 1 is 1.31 bits per heavy atom. The lowest BCUT2D eigenvalue weighted by Crippen LogP contribution is -2.07. The third-order valence-corrected chi connectivity index (χ3v) is 2.49. The molecular weight excluding hydrogens is 200 g/mol. The number of pyridine rings is 1. The lowest BCUT2D eigenvalue weighted by Gasteiger charge is -2.07. The zero-order valence-electron chi connectivity index (χ0n) is 10.3. The highest BCUT2D eigenvalue weighted by Crippen LogP contribution is 2.13. The minimum Gasteiger partial charge on any atom is -0.492 e. The Labute approximate surface area is 98.0 Å². The van der Waals surface area contributed by atoms with Gasteiger partial charge >= 0.3 is 0 Å². The Morgan fingerprint density at radius 3 is 2.69 bits per heavy atom. The molecule has 0 amide bonds. The molecule has 0 radical (unpaired) electrons. The monoisotopic (exact) mass is 222 g/mol. The van der Waals surface area contributed by atoms with Gasteiger partial charge in [0, 0.05) is 6.04 Å². The highest BCUT2D eigenvalue weighted by molar-refractivity contribution is 5.21. The highest BCUT2D eigenvalue weighted by atomic mass is 16.5. The number of unbranched alkanes of at least 4 members (excludes halogenated alkanes) is 3. The van der Waals surface area contributed by atoms with Gasteiger partial charge in [0.25, 0.3) is 0 Å². The van der Waals surface area contributed by atoms with Crippen LogP contribution in [0.1, 0.15) is 51.3 Å². The maximum atomic E-state index is 5.72. The zero-order chi connectivity index (χ0) is 11.8. The molecule has 1 rings (SSSR count). The summed E-state index contributed by atoms with van der Waals surface area (Å²) in [6, 6.07) is 3.84. The van der Waals surface area contributed by atoms with E-state index in [0.717, 1.165) is 24.5 Å². The SMILES string of the molecule is CCCCCCOc1ccc(C(C)N)nc1. The smallest absolute Gasteiger partial charge is 0.137 e. The summed E-state index contributed by atoms with van der Waals surface area (Å²) in [5, 5.41) is 0. The Balaban J connectivity index is 2.27. The van der Waals surface area contributed by atoms with Gasteiger partial charge in [0.2, 0.25) is 0 Å². The summed E-state index contributed by atoms with van der Waals surface area (Å²) < 4.78 is 5.58. The molecule has 0 fully saturated rings. The standard InChI is InChI=1S/C13H22N2O/c1-3-4-5-6-9-16-12-7-8-13(11(2)14)15-10-12/h7-8,10-11H,3-6,9,14H2,1-2H3. The van der Waals surface area contributed by atoms with Crippen LogP contribution in [-0.4, -0.2) is 11.6 Å². The Bertz CT molecular complexity index is 282. The number of hydrogen-bond donors (Lipinski definition) is 1. The van der Waals surface area contributed by atoms with Crippen molar-refractivity contribution in [2.45, 2.75) is 45.6 Å². The first-order chi connectivity index (χ1) is 7.74. The maximum Gasteiger partial charge on any atom is 0.137 e. The first-order valence-electron chi connectivity index (χ1n) is 6.08. The van der Waals surface area contributed by atoms with E-state index in [2.05, 4.69) is 11.9 Å². The topological polar surface area (TPSA) is 48.1 Å². The van der Waals surface area contributed by atoms with Crippen molar-refractivity contribution in [2.75, 3.05) is 6.61 Å². The average Bonchev–Trinajstić information content (AvgIpc) is 2.29. The van der Waals surface area contributed by atoms with Crippen LogP contribution >= 0.6 is 0 Å². The van der Waals surface area contributed by atoms with Crippen LogP contribution in [0.5, 0.6) is 5.75 Å². The number of nitrogens with zero attached hydrogens (tertiary/aromatic N) is 1. The van der Waals surface area contributed by atoms with Gasteiger partial charge in [-0.1, -0.05) is 26.2 Å². The van der Waals surface area contributed by atoms with E-state index < -0.39 is 0 Å². The van der Waals surface area contributed by atoms with Crippen molar-refractivity contribution < 1.29 is 4.74 Å². The largest absolute Gasteiger partial charge is 0.492 e. The van der Waals surface area contributed by atoms with Crippen molar-refractivity contribution in [1.82, 2.24) is 4.98 Å². The fourth-order valence-electron chi connectivity index (χ4n) is 1.47. The van der Waals surface area contributed by atoms with E-state index in [9.17, 15) is 0 Å². The van der Waals surface area contributed by atoms with Crippen molar-refractivity contribution in [3.8, 4) is 5.75 Å². The molecule has 2 N–H and O–H groups in total. The van der Waals surface area contributed by atoms with Crippen LogP contribution in [0.2, 0.25) is 0 Å². The summed E-state index contributed by atoms with van der Waals surface area (Å²) >= 11 is 0. The summed E-state index contributed by atoms with van der Waals surface area (Å²) in [4.78, 5) is 4.24. The molecule has 0 aromatic carbocycles. The van der Waals surface area contributed by atoms with Gasteiger partial charge in [-0.2, -0.15) is 0 Å². The molecule has 0 spiro atoms. The van der Waals surface area contributed by atoms with Gasteiger partial charge in [-0.25, -0.2) is 0 Å². The molecule has 0 aliphatic carbocycles. The normalized spacial score (nSPS) is 12.4. The molecular formula is C13H22N2O. The molecule has 0 aliphatic rings. The van der Waals surface area contributed by atoms with Crippen LogP contribution in [0.3, 0.4) is 0 Å². The predicted molar refractivity (Wildman–Crippen MR) is 66.5 cm³/mol. The van der Waals surface area contributed by atoms with E-state index in [0.29, 0.717) is 0 Å². The van der Waals surface area contributed by atoms with Gasteiger partial charge < -0.3 is 10.5 Å². The van der Waals surface area contributed by atoms with Crippen molar-refractivity contribution in [3.63, 3.8) is 0 Å². The molecule has 1 atom stereocenters. The Hall–Kier alpha value is -1.09. The van der Waals surface area contributed by atoms with Crippen LogP contribution in [0, 0.1) is 0 Å². The van der Waals surface area contributed by atoms with Crippen molar-refractivity contribution >= 4 is 0 Å². The van der Waals surface area contributed by atoms with Crippen LogP contribution in [0.25, 0.3) is 0 Å². The molecule has 0 saturated carbocycles. The van der Waals surface area contributed by atoms with E-state index in [1.54, 1.807) is 6.20 Å². The van der Waals surface area contributed by atoms with Crippen LogP contribution in [-0.2, 0) is 0 Å². The first kappa shape index (κ1) is 13.0. The lowest BCUT2D eigenvalue weighted by molar-refractivity contribution is 0.303. The quantitative estimate of drug-likeness (QED) is 0.721. The lowest BCUT2D eigenvalue weighted by atomic mass is 10.2. The van der Waals surface area contributed by atoms with Crippen molar-refractivity contribution in [3.05, 3.63) is 24.0 Å². The second-order valence-electron chi connectivity index (χ2n) is 4.12. The van der Waals surface area contributed by atoms with Gasteiger partial charge in [-0.3, -0.25) is 4.98 Å². The molecule has 0 aliphatic heterocycles. The zero-order valence-corrected chi connectivity index (χ0v) is 10.3. The molecule has 3 nitrogen and oxygen atoms in total. The summed E-state index contributed by atoms with van der Waals surface area (Å²) in [6.45, 7) is 4.91. The number of aromatic nitrogens is 1. The molecule has 0 bridgehead atoms. The van der Waals surface area contributed by atoms with Gasteiger partial charge in [0.1, 0.15) is 5.75 Å². The summed E-state index contributed by atoms with van der Waals surface area (Å²) in [5.41, 5.74) is 6.62. The molecule has 1 heterocycles. The van der Waals surface area contributed by atoms with E-state index in [4.69, 9.17) is 10.5 Å². The third kappa shape index (κ3) is 4.62. The van der Waals surface area contributed by atoms with Crippen LogP contribution in [0.15, 0.2) is 18.3 Å². The molecule has 0 saturated heterocycles. The Kier molecular flexibility index (Phi) is 5.86. The predicted octanol–water partition coefficient (Wildman–Crippen LogP) is 3.06. The van der Waals surface area contributed by atoms with Crippen LogP contribution in [0.4, 0.5) is 0 Å². The highest BCUT2D eigenvalue weighted by Gasteiger charge is 2.00. The maximum absolute atomic E-state index is 5.72. The summed E-state index contributed by atoms with van der Waals surface area (Å²) in [5.74, 6) is 0.834. The van der Waals surface area contributed by atoms with Gasteiger partial charge in [0.05, 0.1) is 18.5 Å². The molecule has 1 aromatic rings. The third-order valence-electron chi connectivity index (χ3n) is 2.49. The average molecular weight is 222 g/mol. The fourth-order valence-corrected chi connectivity index (χ4v) is 1.47. The minimum atomic E-state index is -0.0152. The number of rotatable bonds is 7. The van der Waals surface area contributed by atoms with Gasteiger partial charge in [-0.05, 0) is 25.5 Å². The van der Waals surface area contributed by atoms with E-state index in [1.165, 1.54) is 19.3 Å². The van der Waals surface area contributed by atoms with E-state index in [-0.39, 0.29) is 6.04 Å². The van der Waals surface area contributed by atoms with E-state index >= 15 is 0 Å². The van der Waals surface area contributed by atoms with Crippen molar-refractivity contribution in [2.24, 2.45) is 5.73 Å². The van der Waals surface area contributed by atoms with Crippen LogP contribution < -0.4 is 10.5 Å². The number of hydrogen-bond acceptors (Lipinski definition) is 3. The Morgan fingerprint density at radius 2 is 2.12 bits per heavy atom. The fraction of sp³-hybridized carbons (Fsp3) is 0.615. The second-order valence-corrected chi connectivity index (χ2v) is 4.12. The second kappa shape index (κ2) is 7.23. The summed E-state index contributed by atoms with van der Waals surface area (Å²) in [7, 11) is 0. The summed E-state index contributed by atoms with van der Waals surface area (Å²) in [6.07, 6.45) is 6.64. The molecule has 90 valence electrons. The number of nitrogens with two attached hydrogens (primary N) is 1. The molecule has 1 aromatic heterocycles. The van der Waals surface area contributed by atoms with Gasteiger partial charge in [-0.15, -0.1) is 0 Å². The molecule has 3 heteroatoms. The molecule has 16 heavy (non-hydrogen) atoms. The first-order valence-corrected chi connectivity index (χ1v) is 6.08. The minimum absolute atomic E-state index is 0.0152.